The van der Waals surface area contributed by atoms with Gasteiger partial charge in [0.05, 0.1) is 12.3 Å². The third-order valence-corrected chi connectivity index (χ3v) is 2.19. The van der Waals surface area contributed by atoms with Crippen LogP contribution in [0.25, 0.3) is 0 Å². The molecule has 3 N–H and O–H groups in total. The zero-order valence-electron chi connectivity index (χ0n) is 9.10. The summed E-state index contributed by atoms with van der Waals surface area (Å²) in [6.07, 6.45) is 1.57. The Bertz CT molecular complexity index is 366. The van der Waals surface area contributed by atoms with Crippen LogP contribution in [-0.4, -0.2) is 21.9 Å². The van der Waals surface area contributed by atoms with Gasteiger partial charge in [0.2, 0.25) is 5.91 Å². The van der Waals surface area contributed by atoms with E-state index in [1.807, 2.05) is 0 Å². The molecule has 7 heteroatoms. The fourth-order valence-electron chi connectivity index (χ4n) is 1.45. The molecule has 17 heavy (non-hydrogen) atoms. The van der Waals surface area contributed by atoms with Crippen molar-refractivity contribution < 1.29 is 23.8 Å². The second kappa shape index (κ2) is 8.40. The molecular weight excluding hydrogens is 234 g/mol. The lowest BCUT2D eigenvalue weighted by molar-refractivity contribution is -0.118. The molecule has 0 bridgehead atoms. The van der Waals surface area contributed by atoms with Gasteiger partial charge in [0, 0.05) is 27.8 Å². The Hall–Kier alpha value is -1.76. The van der Waals surface area contributed by atoms with Crippen LogP contribution in [0.2, 0.25) is 0 Å². The summed E-state index contributed by atoms with van der Waals surface area (Å²) >= 11 is 0. The normalized spacial score (nSPS) is 9.35. The second-order valence-electron chi connectivity index (χ2n) is 3.25. The number of aldehydes is 1. The van der Waals surface area contributed by atoms with Crippen molar-refractivity contribution in [2.45, 2.75) is 26.0 Å². The molecule has 0 radical (unpaired) electrons. The Morgan fingerprint density at radius 3 is 2.59 bits per heavy atom. The van der Waals surface area contributed by atoms with E-state index >= 15 is 0 Å². The van der Waals surface area contributed by atoms with E-state index in [4.69, 9.17) is 20.0 Å². The molecule has 1 aromatic rings. The van der Waals surface area contributed by atoms with Crippen LogP contribution in [0.3, 0.4) is 0 Å². The molecule has 1 rings (SSSR count). The first-order valence-electron chi connectivity index (χ1n) is 4.86. The molecule has 0 aliphatic heterocycles. The highest BCUT2D eigenvalue weighted by Crippen LogP contribution is 2.09. The zero-order valence-corrected chi connectivity index (χ0v) is 9.10. The number of amides is 1. The van der Waals surface area contributed by atoms with Crippen molar-refractivity contribution in [3.63, 3.8) is 0 Å². The van der Waals surface area contributed by atoms with E-state index in [9.17, 15) is 9.59 Å². The fourth-order valence-corrected chi connectivity index (χ4v) is 1.45. The fraction of sp³-hybridized carbons (Fsp3) is 0.400. The molecule has 1 heterocycles. The maximum atomic E-state index is 10.7. The summed E-state index contributed by atoms with van der Waals surface area (Å²) in [4.78, 5) is 21.2. The monoisotopic (exact) mass is 248 g/mol. The smallest absolute Gasteiger partial charge is 0.217 e. The SMILES string of the molecule is FF.NC(=O)CCCn1c(C=O)ccc1CO. The van der Waals surface area contributed by atoms with Gasteiger partial charge in [0.15, 0.2) is 6.29 Å². The maximum Gasteiger partial charge on any atom is 0.217 e. The number of aliphatic hydroxyl groups is 1. The van der Waals surface area contributed by atoms with E-state index in [1.54, 1.807) is 16.7 Å². The number of nitrogens with two attached hydrogens (primary N) is 1. The van der Waals surface area contributed by atoms with Gasteiger partial charge in [-0.1, -0.05) is 0 Å². The van der Waals surface area contributed by atoms with Gasteiger partial charge in [-0.15, -0.1) is 0 Å². The highest BCUT2D eigenvalue weighted by Gasteiger charge is 2.06. The number of hydrogen-bond donors (Lipinski definition) is 2. The first kappa shape index (κ1) is 15.2. The van der Waals surface area contributed by atoms with E-state index in [-0.39, 0.29) is 18.9 Å². The predicted octanol–water partition coefficient (Wildman–Crippen LogP) is 0.899. The minimum absolute atomic E-state index is 0.121. The Morgan fingerprint density at radius 1 is 1.47 bits per heavy atom. The van der Waals surface area contributed by atoms with Crippen LogP contribution in [0.4, 0.5) is 9.15 Å². The lowest BCUT2D eigenvalue weighted by Crippen LogP contribution is -2.13. The highest BCUT2D eigenvalue weighted by atomic mass is 20.0. The number of aliphatic hydroxyl groups excluding tert-OH is 1. The van der Waals surface area contributed by atoms with Crippen LogP contribution in [0.5, 0.6) is 0 Å². The van der Waals surface area contributed by atoms with Gasteiger partial charge in [-0.2, -0.15) is 0 Å². The number of halogens is 2. The van der Waals surface area contributed by atoms with Crippen LogP contribution in [0.1, 0.15) is 29.0 Å². The Balaban J connectivity index is 0.00000121. The van der Waals surface area contributed by atoms with E-state index in [1.165, 1.54) is 0 Å². The summed E-state index contributed by atoms with van der Waals surface area (Å²) in [6, 6.07) is 3.33. The van der Waals surface area contributed by atoms with Gasteiger partial charge in [-0.3, -0.25) is 9.59 Å². The van der Waals surface area contributed by atoms with Crippen LogP contribution >= 0.6 is 0 Å². The summed E-state index contributed by atoms with van der Waals surface area (Å²) in [7, 11) is 0. The molecule has 0 aliphatic rings. The van der Waals surface area contributed by atoms with E-state index in [0.29, 0.717) is 24.4 Å². The molecule has 0 atom stereocenters. The molecule has 0 fully saturated rings. The number of primary amides is 1. The third-order valence-electron chi connectivity index (χ3n) is 2.19. The first-order valence-corrected chi connectivity index (χ1v) is 4.86. The maximum absolute atomic E-state index is 10.7. The first-order chi connectivity index (χ1) is 8.19. The molecule has 0 aliphatic carbocycles. The second-order valence-corrected chi connectivity index (χ2v) is 3.25. The van der Waals surface area contributed by atoms with Gasteiger partial charge in [0.1, 0.15) is 0 Å². The summed E-state index contributed by atoms with van der Waals surface area (Å²) in [5, 5.41) is 9.01. The minimum atomic E-state index is -0.361. The largest absolute Gasteiger partial charge is 0.390 e. The number of carbonyl (C=O) groups excluding carboxylic acids is 2. The molecular formula is C10H14F2N2O3. The third kappa shape index (κ3) is 4.73. The lowest BCUT2D eigenvalue weighted by atomic mass is 10.3. The van der Waals surface area contributed by atoms with Crippen molar-refractivity contribution >= 4 is 12.2 Å². The number of aromatic nitrogens is 1. The van der Waals surface area contributed by atoms with Gasteiger partial charge >= 0.3 is 0 Å². The van der Waals surface area contributed by atoms with Crippen molar-refractivity contribution in [3.8, 4) is 0 Å². The Labute approximate surface area is 96.7 Å². The standard InChI is InChI=1S/C10H14N2O3.F2/c11-10(15)2-1-5-12-8(6-13)3-4-9(12)7-14;1-2/h3-4,6,14H,1-2,5,7H2,(H2,11,15);. The highest BCUT2D eigenvalue weighted by molar-refractivity contribution is 5.74. The number of rotatable bonds is 6. The van der Waals surface area contributed by atoms with Crippen molar-refractivity contribution in [3.05, 3.63) is 23.5 Å². The van der Waals surface area contributed by atoms with Crippen molar-refractivity contribution in [2.24, 2.45) is 5.73 Å². The number of hydrogen-bond acceptors (Lipinski definition) is 3. The van der Waals surface area contributed by atoms with Crippen molar-refractivity contribution in [1.29, 1.82) is 0 Å². The average Bonchev–Trinajstić information content (AvgIpc) is 2.73. The molecule has 0 saturated carbocycles. The summed E-state index contributed by atoms with van der Waals surface area (Å²) in [6.45, 7) is 0.393. The van der Waals surface area contributed by atoms with Crippen LogP contribution in [0.15, 0.2) is 12.1 Å². The number of nitrogens with zero attached hydrogens (tertiary/aromatic N) is 1. The summed E-state index contributed by atoms with van der Waals surface area (Å²) < 4.78 is 17.7. The molecule has 1 amide bonds. The van der Waals surface area contributed by atoms with Gasteiger partial charge in [-0.25, -0.2) is 0 Å². The van der Waals surface area contributed by atoms with E-state index in [2.05, 4.69) is 0 Å². The van der Waals surface area contributed by atoms with Crippen molar-refractivity contribution in [1.82, 2.24) is 4.57 Å². The molecule has 1 aromatic heterocycles. The van der Waals surface area contributed by atoms with Crippen LogP contribution in [0, 0.1) is 0 Å². The van der Waals surface area contributed by atoms with Gasteiger partial charge < -0.3 is 15.4 Å². The molecule has 5 nitrogen and oxygen atoms in total. The summed E-state index contributed by atoms with van der Waals surface area (Å²) in [5.74, 6) is -0.361. The van der Waals surface area contributed by atoms with Crippen molar-refractivity contribution in [2.75, 3.05) is 0 Å². The molecule has 0 aromatic carbocycles. The van der Waals surface area contributed by atoms with Crippen LogP contribution in [-0.2, 0) is 17.9 Å². The molecule has 0 unspecified atom stereocenters. The Morgan fingerprint density at radius 2 is 2.12 bits per heavy atom. The minimum Gasteiger partial charge on any atom is -0.390 e. The average molecular weight is 248 g/mol. The molecule has 0 saturated heterocycles. The van der Waals surface area contributed by atoms with Gasteiger partial charge in [-0.05, 0) is 18.6 Å². The Kier molecular flexibility index (Phi) is 7.53. The topological polar surface area (TPSA) is 85.3 Å². The molecule has 0 spiro atoms. The number of carbonyl (C=O) groups is 2. The van der Waals surface area contributed by atoms with E-state index < -0.39 is 0 Å². The van der Waals surface area contributed by atoms with Crippen LogP contribution < -0.4 is 5.73 Å². The molecule has 96 valence electrons. The summed E-state index contributed by atoms with van der Waals surface area (Å²) in [5.41, 5.74) is 6.18. The lowest BCUT2D eigenvalue weighted by Gasteiger charge is -2.08. The zero-order chi connectivity index (χ0) is 13.3. The van der Waals surface area contributed by atoms with E-state index in [0.717, 1.165) is 6.29 Å². The quantitative estimate of drug-likeness (QED) is 0.733. The van der Waals surface area contributed by atoms with Gasteiger partial charge in [0.25, 0.3) is 0 Å². The predicted molar refractivity (Wildman–Crippen MR) is 56.4 cm³/mol.